The normalized spacial score (nSPS) is 20.8. The topological polar surface area (TPSA) is 57.7 Å². The van der Waals surface area contributed by atoms with Crippen LogP contribution in [0.5, 0.6) is 0 Å². The first kappa shape index (κ1) is 12.6. The first-order valence-corrected chi connectivity index (χ1v) is 7.50. The van der Waals surface area contributed by atoms with Crippen molar-refractivity contribution in [3.63, 3.8) is 0 Å². The van der Waals surface area contributed by atoms with E-state index in [2.05, 4.69) is 4.98 Å². The van der Waals surface area contributed by atoms with E-state index in [4.69, 9.17) is 0 Å². The first-order valence-electron chi connectivity index (χ1n) is 7.50. The zero-order valence-corrected chi connectivity index (χ0v) is 11.3. The Morgan fingerprint density at radius 2 is 1.32 bits per heavy atom. The second-order valence-corrected chi connectivity index (χ2v) is 5.77. The molecule has 0 saturated heterocycles. The van der Waals surface area contributed by atoms with Gasteiger partial charge in [-0.2, -0.15) is 5.21 Å². The molecule has 0 aromatic carbocycles. The van der Waals surface area contributed by atoms with Crippen LogP contribution < -0.4 is 16.4 Å². The van der Waals surface area contributed by atoms with Crippen LogP contribution in [0, 0.1) is 0 Å². The molecule has 1 N–H and O–H groups in total. The molecule has 1 aromatic heterocycles. The van der Waals surface area contributed by atoms with Gasteiger partial charge in [-0.15, -0.1) is 4.73 Å². The zero-order chi connectivity index (χ0) is 13.2. The van der Waals surface area contributed by atoms with Gasteiger partial charge in [0.15, 0.2) is 10.8 Å². The van der Waals surface area contributed by atoms with E-state index in [1.54, 1.807) is 0 Å². The summed E-state index contributed by atoms with van der Waals surface area (Å²) in [6.45, 7) is 0. The van der Waals surface area contributed by atoms with E-state index in [1.165, 1.54) is 12.8 Å². The number of rotatable bonds is 0. The highest BCUT2D eigenvalue weighted by atomic mass is 16.5. The molecule has 2 fully saturated rings. The van der Waals surface area contributed by atoms with Crippen LogP contribution in [0.15, 0.2) is 4.79 Å². The van der Waals surface area contributed by atoms with Gasteiger partial charge < -0.3 is 4.98 Å². The fraction of sp³-hybridized carbons (Fsp3) is 0.667. The number of aromatic nitrogens is 2. The fourth-order valence-corrected chi connectivity index (χ4v) is 3.39. The van der Waals surface area contributed by atoms with E-state index in [9.17, 15) is 10.0 Å². The van der Waals surface area contributed by atoms with Crippen molar-refractivity contribution >= 4 is 11.1 Å². The minimum Gasteiger partial charge on any atom is -0.304 e. The maximum absolute atomic E-state index is 12.4. The predicted molar refractivity (Wildman–Crippen MR) is 73.4 cm³/mol. The Morgan fingerprint density at radius 1 is 0.789 bits per heavy atom. The second kappa shape index (κ2) is 5.27. The number of imidazole rings is 1. The van der Waals surface area contributed by atoms with Gasteiger partial charge in [0.1, 0.15) is 0 Å². The lowest BCUT2D eigenvalue weighted by atomic mass is 9.95. The SMILES string of the molecule is [O]n1c(=C2CCCCC2)[nH]c(=O)c1=C1CCCCC1. The van der Waals surface area contributed by atoms with Gasteiger partial charge in [0.25, 0.3) is 5.56 Å². The summed E-state index contributed by atoms with van der Waals surface area (Å²) in [4.78, 5) is 14.9. The number of hydrogen-bond acceptors (Lipinski definition) is 1. The summed E-state index contributed by atoms with van der Waals surface area (Å²) in [5.41, 5.74) is 2.56. The zero-order valence-electron chi connectivity index (χ0n) is 11.3. The monoisotopic (exact) mass is 261 g/mol. The molecule has 0 aliphatic heterocycles. The molecule has 0 amide bonds. The third-order valence-corrected chi connectivity index (χ3v) is 4.44. The molecule has 1 heterocycles. The Kier molecular flexibility index (Phi) is 3.49. The summed E-state index contributed by atoms with van der Waals surface area (Å²) >= 11 is 0. The summed E-state index contributed by atoms with van der Waals surface area (Å²) in [6.07, 6.45) is 10.6. The van der Waals surface area contributed by atoms with E-state index < -0.39 is 0 Å². The van der Waals surface area contributed by atoms with Gasteiger partial charge in [0, 0.05) is 0 Å². The van der Waals surface area contributed by atoms with Crippen molar-refractivity contribution in [1.82, 2.24) is 9.71 Å². The molecule has 103 valence electrons. The lowest BCUT2D eigenvalue weighted by Crippen LogP contribution is -2.33. The maximum Gasteiger partial charge on any atom is 0.277 e. The quantitative estimate of drug-likeness (QED) is 0.757. The van der Waals surface area contributed by atoms with Gasteiger partial charge in [0.2, 0.25) is 0 Å². The Labute approximate surface area is 112 Å². The molecule has 2 aliphatic rings. The summed E-state index contributed by atoms with van der Waals surface area (Å²) < 4.78 is 0.892. The van der Waals surface area contributed by atoms with Gasteiger partial charge in [-0.25, -0.2) is 0 Å². The van der Waals surface area contributed by atoms with Crippen molar-refractivity contribution in [2.75, 3.05) is 0 Å². The minimum atomic E-state index is -0.181. The molecule has 4 nitrogen and oxygen atoms in total. The summed E-state index contributed by atoms with van der Waals surface area (Å²) in [6, 6.07) is 0. The largest absolute Gasteiger partial charge is 0.304 e. The average Bonchev–Trinajstić information content (AvgIpc) is 2.76. The Bertz CT molecular complexity index is 620. The number of aromatic amines is 1. The molecule has 0 atom stereocenters. The van der Waals surface area contributed by atoms with Crippen LogP contribution in [0.25, 0.3) is 11.1 Å². The number of nitrogens with zero attached hydrogens (tertiary/aromatic N) is 1. The van der Waals surface area contributed by atoms with Crippen LogP contribution in [-0.2, 0) is 5.21 Å². The lowest BCUT2D eigenvalue weighted by molar-refractivity contribution is 0.0746. The van der Waals surface area contributed by atoms with Crippen LogP contribution in [0.3, 0.4) is 0 Å². The summed E-state index contributed by atoms with van der Waals surface area (Å²) in [7, 11) is 0. The smallest absolute Gasteiger partial charge is 0.277 e. The van der Waals surface area contributed by atoms with Gasteiger partial charge >= 0.3 is 0 Å². The Hall–Kier alpha value is -1.45. The van der Waals surface area contributed by atoms with Gasteiger partial charge in [-0.1, -0.05) is 12.8 Å². The van der Waals surface area contributed by atoms with Crippen molar-refractivity contribution in [2.24, 2.45) is 0 Å². The maximum atomic E-state index is 12.4. The fourth-order valence-electron chi connectivity index (χ4n) is 3.39. The highest BCUT2D eigenvalue weighted by Gasteiger charge is 2.15. The summed E-state index contributed by atoms with van der Waals surface area (Å²) in [5.74, 6) is 0. The van der Waals surface area contributed by atoms with Crippen LogP contribution in [0.1, 0.15) is 64.2 Å². The van der Waals surface area contributed by atoms with E-state index in [1.807, 2.05) is 0 Å². The highest BCUT2D eigenvalue weighted by molar-refractivity contribution is 5.45. The first-order chi connectivity index (χ1) is 9.27. The van der Waals surface area contributed by atoms with Crippen molar-refractivity contribution in [2.45, 2.75) is 64.2 Å². The Balaban J connectivity index is 2.18. The van der Waals surface area contributed by atoms with E-state index in [0.29, 0.717) is 10.8 Å². The molecule has 0 spiro atoms. The third kappa shape index (κ3) is 2.36. The van der Waals surface area contributed by atoms with Crippen LogP contribution in [-0.4, -0.2) is 9.71 Å². The third-order valence-electron chi connectivity index (χ3n) is 4.44. The standard InChI is InChI=1S/C15H21N2O2/c18-15-13(11-7-3-1-4-8-11)17(19)14(16-15)12-9-5-2-6-10-12/h1-10H2,(H,16,18). The Morgan fingerprint density at radius 3 is 1.89 bits per heavy atom. The van der Waals surface area contributed by atoms with Crippen molar-refractivity contribution in [3.8, 4) is 0 Å². The number of H-pyrrole nitrogens is 1. The molecule has 19 heavy (non-hydrogen) atoms. The molecule has 4 heteroatoms. The van der Waals surface area contributed by atoms with Gasteiger partial charge in [-0.3, -0.25) is 4.79 Å². The number of hydrogen-bond donors (Lipinski definition) is 1. The highest BCUT2D eigenvalue weighted by Crippen LogP contribution is 2.23. The second-order valence-electron chi connectivity index (χ2n) is 5.77. The van der Waals surface area contributed by atoms with Crippen LogP contribution in [0.4, 0.5) is 0 Å². The van der Waals surface area contributed by atoms with Crippen molar-refractivity contribution in [1.29, 1.82) is 0 Å². The molecule has 1 radical (unpaired) electrons. The van der Waals surface area contributed by atoms with E-state index in [0.717, 1.165) is 67.2 Å². The molecule has 0 unspecified atom stereocenters. The molecule has 2 saturated carbocycles. The van der Waals surface area contributed by atoms with Gasteiger partial charge in [0.05, 0.1) is 0 Å². The van der Waals surface area contributed by atoms with Crippen LogP contribution in [0.2, 0.25) is 0 Å². The molecule has 0 bridgehead atoms. The lowest BCUT2D eigenvalue weighted by Gasteiger charge is -2.13. The molecular formula is C15H21N2O2. The molecule has 1 aromatic rings. The van der Waals surface area contributed by atoms with E-state index >= 15 is 0 Å². The van der Waals surface area contributed by atoms with E-state index in [-0.39, 0.29) is 5.56 Å². The molecule has 3 rings (SSSR count). The minimum absolute atomic E-state index is 0.181. The predicted octanol–water partition coefficient (Wildman–Crippen LogP) is 1.60. The number of nitrogens with one attached hydrogen (secondary N) is 1. The molecule has 2 aliphatic carbocycles. The average molecular weight is 261 g/mol. The molecular weight excluding hydrogens is 240 g/mol. The van der Waals surface area contributed by atoms with Gasteiger partial charge in [-0.05, 0) is 62.5 Å². The van der Waals surface area contributed by atoms with Crippen molar-refractivity contribution in [3.05, 3.63) is 21.2 Å². The van der Waals surface area contributed by atoms with Crippen molar-refractivity contribution < 1.29 is 5.21 Å². The van der Waals surface area contributed by atoms with Crippen LogP contribution >= 0.6 is 0 Å². The summed E-state index contributed by atoms with van der Waals surface area (Å²) in [5, 5.41) is 12.8.